The minimum absolute atomic E-state index is 0.0767. The molecule has 1 unspecified atom stereocenters. The number of likely N-dealkylation sites (tertiary alicyclic amines) is 1. The summed E-state index contributed by atoms with van der Waals surface area (Å²) in [6.45, 7) is 7.39. The SMILES string of the molecule is CNC1c2cc([S@+]([O-])Nc3cc(-c4cc(Nc5cc(CN6CCC6)n(C)n5)c(=O)n(C)n4)ccc3F)sc2CC1(C)C. The van der Waals surface area contributed by atoms with Gasteiger partial charge in [0.15, 0.2) is 11.6 Å². The van der Waals surface area contributed by atoms with Gasteiger partial charge in [-0.15, -0.1) is 0 Å². The fraction of sp³-hybridized carbons (Fsp3) is 0.414. The van der Waals surface area contributed by atoms with Crippen molar-refractivity contribution in [2.45, 2.75) is 43.5 Å². The number of nitrogens with zero attached hydrogens (tertiary/aromatic N) is 5. The molecule has 2 atom stereocenters. The third-order valence-corrected chi connectivity index (χ3v) is 10.6. The molecule has 222 valence electrons. The molecule has 1 saturated heterocycles. The average molecular weight is 611 g/mol. The van der Waals surface area contributed by atoms with Crippen LogP contribution < -0.4 is 20.9 Å². The fourth-order valence-electron chi connectivity index (χ4n) is 5.75. The Bertz CT molecular complexity index is 1690. The second kappa shape index (κ2) is 11.1. The molecule has 0 radical (unpaired) electrons. The number of rotatable bonds is 9. The summed E-state index contributed by atoms with van der Waals surface area (Å²) in [5, 5.41) is 15.4. The molecule has 10 nitrogen and oxygen atoms in total. The lowest BCUT2D eigenvalue weighted by Gasteiger charge is -2.30. The lowest BCUT2D eigenvalue weighted by Crippen LogP contribution is -2.36. The van der Waals surface area contributed by atoms with Crippen LogP contribution in [0.15, 0.2) is 45.4 Å². The predicted octanol–water partition coefficient (Wildman–Crippen LogP) is 4.31. The van der Waals surface area contributed by atoms with Crippen molar-refractivity contribution in [1.29, 1.82) is 0 Å². The molecule has 0 saturated carbocycles. The van der Waals surface area contributed by atoms with Gasteiger partial charge in [-0.2, -0.15) is 14.9 Å². The quantitative estimate of drug-likeness (QED) is 0.240. The second-order valence-corrected chi connectivity index (χ2v) is 14.2. The van der Waals surface area contributed by atoms with E-state index in [0.29, 0.717) is 27.0 Å². The molecule has 4 heterocycles. The largest absolute Gasteiger partial charge is 0.587 e. The highest BCUT2D eigenvalue weighted by Gasteiger charge is 2.41. The molecule has 1 aliphatic heterocycles. The zero-order chi connectivity index (χ0) is 29.8. The highest BCUT2D eigenvalue weighted by molar-refractivity contribution is 7.94. The van der Waals surface area contributed by atoms with E-state index < -0.39 is 17.2 Å². The summed E-state index contributed by atoms with van der Waals surface area (Å²) in [5.41, 5.74) is 3.38. The van der Waals surface area contributed by atoms with Gasteiger partial charge in [-0.25, -0.2) is 9.07 Å². The summed E-state index contributed by atoms with van der Waals surface area (Å²) in [6.07, 6.45) is 2.10. The molecule has 4 aromatic rings. The van der Waals surface area contributed by atoms with Crippen LogP contribution >= 0.6 is 11.3 Å². The lowest BCUT2D eigenvalue weighted by atomic mass is 9.86. The standard InChI is InChI=1S/C29H35FN8O2S2/c1-29(2)15-24-19(27(29)31-3)13-26(41-24)42(40)35-22-11-17(7-8-20(22)30)21-14-23(28(39)37(5)33-21)32-25-12-18(36(4)34-25)16-38-9-6-10-38/h7-8,11-14,27,31,35H,6,9-10,15-16H2,1-5H3,(H,32,34)/t27?,42-/m0/s1. The van der Waals surface area contributed by atoms with Gasteiger partial charge in [0, 0.05) is 49.3 Å². The molecule has 1 aliphatic carbocycles. The summed E-state index contributed by atoms with van der Waals surface area (Å²) in [5.74, 6) is 0.0303. The van der Waals surface area contributed by atoms with Crippen LogP contribution in [0, 0.1) is 11.2 Å². The van der Waals surface area contributed by atoms with E-state index in [0.717, 1.165) is 37.3 Å². The zero-order valence-electron chi connectivity index (χ0n) is 24.3. The Labute approximate surface area is 251 Å². The first-order valence-corrected chi connectivity index (χ1v) is 15.9. The number of halogens is 1. The van der Waals surface area contributed by atoms with Gasteiger partial charge >= 0.3 is 0 Å². The van der Waals surface area contributed by atoms with Gasteiger partial charge in [0.2, 0.25) is 4.21 Å². The van der Waals surface area contributed by atoms with Gasteiger partial charge < -0.3 is 15.2 Å². The Balaban J connectivity index is 1.23. The van der Waals surface area contributed by atoms with Gasteiger partial charge in [-0.3, -0.25) is 14.4 Å². The van der Waals surface area contributed by atoms with Gasteiger partial charge in [0.25, 0.3) is 5.56 Å². The fourth-order valence-corrected chi connectivity index (χ4v) is 8.34. The molecule has 0 bridgehead atoms. The molecular formula is C29H35FN8O2S2. The van der Waals surface area contributed by atoms with Crippen molar-refractivity contribution in [2.24, 2.45) is 19.5 Å². The van der Waals surface area contributed by atoms with E-state index in [1.807, 2.05) is 30.9 Å². The minimum atomic E-state index is -1.65. The highest BCUT2D eigenvalue weighted by atomic mass is 32.2. The Morgan fingerprint density at radius 2 is 1.90 bits per heavy atom. The monoisotopic (exact) mass is 610 g/mol. The van der Waals surface area contributed by atoms with Gasteiger partial charge in [0.1, 0.15) is 22.7 Å². The van der Waals surface area contributed by atoms with Crippen molar-refractivity contribution in [3.05, 3.63) is 68.7 Å². The van der Waals surface area contributed by atoms with E-state index >= 15 is 0 Å². The van der Waals surface area contributed by atoms with Crippen LogP contribution in [0.25, 0.3) is 11.3 Å². The Morgan fingerprint density at radius 3 is 2.62 bits per heavy atom. The molecule has 13 heteroatoms. The number of aryl methyl sites for hydroxylation is 2. The minimum Gasteiger partial charge on any atom is -0.587 e. The normalized spacial score (nSPS) is 18.5. The average Bonchev–Trinajstić information content (AvgIpc) is 3.54. The number of fused-ring (bicyclic) bond motifs is 1. The van der Waals surface area contributed by atoms with Crippen LogP contribution in [0.2, 0.25) is 0 Å². The van der Waals surface area contributed by atoms with Crippen LogP contribution in [0.3, 0.4) is 0 Å². The Hall–Kier alpha value is -3.23. The van der Waals surface area contributed by atoms with E-state index in [9.17, 15) is 13.7 Å². The van der Waals surface area contributed by atoms with E-state index in [1.54, 1.807) is 25.2 Å². The molecule has 1 fully saturated rings. The summed E-state index contributed by atoms with van der Waals surface area (Å²) < 4.78 is 34.8. The number of benzene rings is 1. The zero-order valence-corrected chi connectivity index (χ0v) is 26.0. The van der Waals surface area contributed by atoms with Crippen molar-refractivity contribution < 1.29 is 8.94 Å². The van der Waals surface area contributed by atoms with E-state index in [2.05, 4.69) is 44.3 Å². The molecule has 0 spiro atoms. The third kappa shape index (κ3) is 5.47. The summed E-state index contributed by atoms with van der Waals surface area (Å²) in [7, 11) is 5.39. The highest BCUT2D eigenvalue weighted by Crippen LogP contribution is 2.49. The van der Waals surface area contributed by atoms with Crippen LogP contribution in [0.5, 0.6) is 0 Å². The number of aromatic nitrogens is 4. The van der Waals surface area contributed by atoms with Crippen molar-refractivity contribution in [3.63, 3.8) is 0 Å². The van der Waals surface area contributed by atoms with E-state index in [-0.39, 0.29) is 22.7 Å². The molecule has 1 aromatic carbocycles. The molecule has 3 N–H and O–H groups in total. The number of anilines is 3. The Kier molecular flexibility index (Phi) is 7.64. The first kappa shape index (κ1) is 28.9. The van der Waals surface area contributed by atoms with Crippen LogP contribution in [-0.2, 0) is 38.4 Å². The molecule has 6 rings (SSSR count). The number of hydrogen-bond donors (Lipinski definition) is 3. The van der Waals surface area contributed by atoms with Crippen LogP contribution in [0.4, 0.5) is 21.6 Å². The topological polar surface area (TPSA) is 115 Å². The van der Waals surface area contributed by atoms with E-state index in [1.165, 1.54) is 33.4 Å². The molecule has 42 heavy (non-hydrogen) atoms. The third-order valence-electron chi connectivity index (χ3n) is 8.10. The first-order valence-electron chi connectivity index (χ1n) is 13.9. The van der Waals surface area contributed by atoms with Crippen molar-refractivity contribution in [1.82, 2.24) is 29.8 Å². The summed E-state index contributed by atoms with van der Waals surface area (Å²) in [4.78, 5) is 16.5. The van der Waals surface area contributed by atoms with Crippen LogP contribution in [-0.4, -0.2) is 49.2 Å². The first-order chi connectivity index (χ1) is 20.0. The maximum atomic E-state index is 14.9. The molecule has 3 aromatic heterocycles. The molecular weight excluding hydrogens is 576 g/mol. The Morgan fingerprint density at radius 1 is 1.12 bits per heavy atom. The number of nitrogens with one attached hydrogen (secondary N) is 3. The smallest absolute Gasteiger partial charge is 0.290 e. The maximum absolute atomic E-state index is 14.9. The number of hydrogen-bond acceptors (Lipinski definition) is 9. The van der Waals surface area contributed by atoms with Gasteiger partial charge in [-0.1, -0.05) is 25.2 Å². The lowest BCUT2D eigenvalue weighted by molar-refractivity contribution is 0.168. The van der Waals surface area contributed by atoms with Gasteiger partial charge in [0.05, 0.1) is 11.4 Å². The van der Waals surface area contributed by atoms with Crippen molar-refractivity contribution >= 4 is 39.9 Å². The van der Waals surface area contributed by atoms with Gasteiger partial charge in [-0.05, 0) is 68.2 Å². The summed E-state index contributed by atoms with van der Waals surface area (Å²) >= 11 is -0.150. The van der Waals surface area contributed by atoms with Crippen LogP contribution in [0.1, 0.15) is 42.4 Å². The summed E-state index contributed by atoms with van der Waals surface area (Å²) in [6, 6.07) is 10.2. The molecule has 2 aliphatic rings. The van der Waals surface area contributed by atoms with Crippen molar-refractivity contribution in [3.8, 4) is 11.3 Å². The second-order valence-electron chi connectivity index (χ2n) is 11.7. The predicted molar refractivity (Wildman–Crippen MR) is 165 cm³/mol. The molecule has 0 amide bonds. The maximum Gasteiger partial charge on any atom is 0.290 e. The van der Waals surface area contributed by atoms with Crippen molar-refractivity contribution in [2.75, 3.05) is 30.2 Å². The number of thiophene rings is 1. The van der Waals surface area contributed by atoms with E-state index in [4.69, 9.17) is 0 Å².